The van der Waals surface area contributed by atoms with Crippen molar-refractivity contribution in [2.75, 3.05) is 5.32 Å². The highest BCUT2D eigenvalue weighted by atomic mass is 35.5. The number of halogens is 2. The predicted octanol–water partition coefficient (Wildman–Crippen LogP) is 4.69. The Kier molecular flexibility index (Phi) is 5.01. The topological polar surface area (TPSA) is 69.3 Å². The molecule has 0 atom stereocenters. The SMILES string of the molecule is Cc1nn(COc2ccc(Cl)cc2Cl)c(C)c1NC(=O)c1ccco1. The molecule has 0 aliphatic heterocycles. The summed E-state index contributed by atoms with van der Waals surface area (Å²) in [5.41, 5.74) is 2.04. The average molecular weight is 380 g/mol. The average Bonchev–Trinajstić information content (AvgIpc) is 3.18. The van der Waals surface area contributed by atoms with Crippen LogP contribution in [0.15, 0.2) is 41.0 Å². The van der Waals surface area contributed by atoms with Crippen LogP contribution in [-0.4, -0.2) is 15.7 Å². The van der Waals surface area contributed by atoms with Gasteiger partial charge in [-0.25, -0.2) is 4.68 Å². The summed E-state index contributed by atoms with van der Waals surface area (Å²) in [6.45, 7) is 3.78. The molecule has 0 radical (unpaired) electrons. The summed E-state index contributed by atoms with van der Waals surface area (Å²) in [6.07, 6.45) is 1.45. The Morgan fingerprint density at radius 2 is 2.12 bits per heavy atom. The number of hydrogen-bond donors (Lipinski definition) is 1. The van der Waals surface area contributed by atoms with E-state index in [1.165, 1.54) is 6.26 Å². The fourth-order valence-electron chi connectivity index (χ4n) is 2.31. The molecule has 0 unspecified atom stereocenters. The van der Waals surface area contributed by atoms with Crippen molar-refractivity contribution in [1.29, 1.82) is 0 Å². The molecule has 1 aromatic carbocycles. The molecule has 25 heavy (non-hydrogen) atoms. The normalized spacial score (nSPS) is 10.7. The third-order valence-corrected chi connectivity index (χ3v) is 4.13. The first kappa shape index (κ1) is 17.4. The number of hydrogen-bond acceptors (Lipinski definition) is 4. The fourth-order valence-corrected chi connectivity index (χ4v) is 2.77. The van der Waals surface area contributed by atoms with Crippen LogP contribution in [0.2, 0.25) is 10.0 Å². The molecule has 3 aromatic rings. The molecule has 0 aliphatic rings. The number of furan rings is 1. The van der Waals surface area contributed by atoms with Crippen LogP contribution in [0.1, 0.15) is 21.9 Å². The van der Waals surface area contributed by atoms with E-state index in [1.807, 2.05) is 6.92 Å². The molecule has 0 fully saturated rings. The van der Waals surface area contributed by atoms with Gasteiger partial charge in [0.2, 0.25) is 0 Å². The van der Waals surface area contributed by atoms with E-state index in [4.69, 9.17) is 32.4 Å². The van der Waals surface area contributed by atoms with E-state index < -0.39 is 0 Å². The number of amides is 1. The van der Waals surface area contributed by atoms with E-state index in [-0.39, 0.29) is 18.4 Å². The molecule has 1 amide bonds. The molecule has 2 heterocycles. The van der Waals surface area contributed by atoms with Crippen LogP contribution in [0.3, 0.4) is 0 Å². The molecule has 1 N–H and O–H groups in total. The maximum Gasteiger partial charge on any atom is 0.291 e. The van der Waals surface area contributed by atoms with Gasteiger partial charge < -0.3 is 14.5 Å². The van der Waals surface area contributed by atoms with Crippen LogP contribution in [-0.2, 0) is 6.73 Å². The Morgan fingerprint density at radius 3 is 2.80 bits per heavy atom. The number of carbonyl (C=O) groups is 1. The molecule has 0 saturated carbocycles. The quantitative estimate of drug-likeness (QED) is 0.697. The van der Waals surface area contributed by atoms with Gasteiger partial charge in [0.1, 0.15) is 5.75 Å². The van der Waals surface area contributed by atoms with Crippen molar-refractivity contribution < 1.29 is 13.9 Å². The molecule has 0 spiro atoms. The number of anilines is 1. The van der Waals surface area contributed by atoms with Crippen molar-refractivity contribution in [3.8, 4) is 5.75 Å². The first-order valence-corrected chi connectivity index (χ1v) is 8.18. The second kappa shape index (κ2) is 7.21. The Morgan fingerprint density at radius 1 is 1.32 bits per heavy atom. The Bertz CT molecular complexity index is 904. The van der Waals surface area contributed by atoms with Gasteiger partial charge in [0.15, 0.2) is 12.5 Å². The number of nitrogens with one attached hydrogen (secondary N) is 1. The highest BCUT2D eigenvalue weighted by molar-refractivity contribution is 6.35. The Labute approximate surface area is 154 Å². The molecule has 130 valence electrons. The first-order chi connectivity index (χ1) is 12.0. The lowest BCUT2D eigenvalue weighted by Crippen LogP contribution is -2.13. The number of benzene rings is 1. The Balaban J connectivity index is 1.74. The van der Waals surface area contributed by atoms with Crippen molar-refractivity contribution in [3.63, 3.8) is 0 Å². The minimum absolute atomic E-state index is 0.144. The van der Waals surface area contributed by atoms with Crippen LogP contribution >= 0.6 is 23.2 Å². The van der Waals surface area contributed by atoms with E-state index in [9.17, 15) is 4.79 Å². The first-order valence-electron chi connectivity index (χ1n) is 7.42. The van der Waals surface area contributed by atoms with Gasteiger partial charge in [-0.3, -0.25) is 4.79 Å². The van der Waals surface area contributed by atoms with Crippen molar-refractivity contribution in [3.05, 3.63) is 63.8 Å². The van der Waals surface area contributed by atoms with Gasteiger partial charge in [0.05, 0.1) is 28.4 Å². The van der Waals surface area contributed by atoms with Gasteiger partial charge in [-0.15, -0.1) is 0 Å². The van der Waals surface area contributed by atoms with E-state index in [0.29, 0.717) is 27.2 Å². The maximum atomic E-state index is 12.1. The number of ether oxygens (including phenoxy) is 1. The molecule has 0 saturated heterocycles. The van der Waals surface area contributed by atoms with Crippen LogP contribution in [0.25, 0.3) is 0 Å². The minimum Gasteiger partial charge on any atom is -0.470 e. The summed E-state index contributed by atoms with van der Waals surface area (Å²) in [5, 5.41) is 8.14. The summed E-state index contributed by atoms with van der Waals surface area (Å²) in [5.74, 6) is 0.396. The third kappa shape index (κ3) is 3.81. The highest BCUT2D eigenvalue weighted by Crippen LogP contribution is 2.28. The summed E-state index contributed by atoms with van der Waals surface area (Å²) < 4.78 is 12.4. The second-order valence-electron chi connectivity index (χ2n) is 5.32. The summed E-state index contributed by atoms with van der Waals surface area (Å²) in [6, 6.07) is 8.24. The van der Waals surface area contributed by atoms with E-state index >= 15 is 0 Å². The lowest BCUT2D eigenvalue weighted by Gasteiger charge is -2.10. The molecule has 6 nitrogen and oxygen atoms in total. The molecule has 0 aliphatic carbocycles. The van der Waals surface area contributed by atoms with Gasteiger partial charge in [-0.1, -0.05) is 23.2 Å². The van der Waals surface area contributed by atoms with Crippen molar-refractivity contribution >= 4 is 34.8 Å². The second-order valence-corrected chi connectivity index (χ2v) is 6.17. The molecule has 3 rings (SSSR count). The monoisotopic (exact) mass is 379 g/mol. The zero-order valence-corrected chi connectivity index (χ0v) is 15.1. The number of carbonyl (C=O) groups excluding carboxylic acids is 1. The van der Waals surface area contributed by atoms with E-state index in [0.717, 1.165) is 5.69 Å². The molecule has 2 aromatic heterocycles. The summed E-state index contributed by atoms with van der Waals surface area (Å²) >= 11 is 12.0. The Hall–Kier alpha value is -2.44. The van der Waals surface area contributed by atoms with Gasteiger partial charge in [-0.2, -0.15) is 5.10 Å². The number of aryl methyl sites for hydroxylation is 1. The maximum absolute atomic E-state index is 12.1. The summed E-state index contributed by atoms with van der Waals surface area (Å²) in [4.78, 5) is 12.1. The van der Waals surface area contributed by atoms with Crippen LogP contribution in [0.5, 0.6) is 5.75 Å². The third-order valence-electron chi connectivity index (χ3n) is 3.60. The van der Waals surface area contributed by atoms with Crippen molar-refractivity contribution in [1.82, 2.24) is 9.78 Å². The largest absolute Gasteiger partial charge is 0.470 e. The molecule has 8 heteroatoms. The molecule has 0 bridgehead atoms. The lowest BCUT2D eigenvalue weighted by atomic mass is 10.3. The smallest absolute Gasteiger partial charge is 0.291 e. The van der Waals surface area contributed by atoms with Crippen LogP contribution < -0.4 is 10.1 Å². The van der Waals surface area contributed by atoms with E-state index in [1.54, 1.807) is 41.9 Å². The summed E-state index contributed by atoms with van der Waals surface area (Å²) in [7, 11) is 0. The minimum atomic E-state index is -0.336. The zero-order valence-electron chi connectivity index (χ0n) is 13.5. The highest BCUT2D eigenvalue weighted by Gasteiger charge is 2.17. The molecular formula is C17H15Cl2N3O3. The number of nitrogens with zero attached hydrogens (tertiary/aromatic N) is 2. The van der Waals surface area contributed by atoms with Gasteiger partial charge in [-0.05, 0) is 44.2 Å². The molecular weight excluding hydrogens is 365 g/mol. The predicted molar refractivity (Wildman–Crippen MR) is 95.5 cm³/mol. The van der Waals surface area contributed by atoms with Crippen molar-refractivity contribution in [2.24, 2.45) is 0 Å². The van der Waals surface area contributed by atoms with Gasteiger partial charge in [0, 0.05) is 5.02 Å². The van der Waals surface area contributed by atoms with Gasteiger partial charge in [0.25, 0.3) is 5.91 Å². The van der Waals surface area contributed by atoms with Gasteiger partial charge >= 0.3 is 0 Å². The fraction of sp³-hybridized carbons (Fsp3) is 0.176. The van der Waals surface area contributed by atoms with Crippen molar-refractivity contribution in [2.45, 2.75) is 20.6 Å². The standard InChI is InChI=1S/C17H15Cl2N3O3/c1-10-16(20-17(23)15-4-3-7-24-15)11(2)22(21-10)9-25-14-6-5-12(18)8-13(14)19/h3-8H,9H2,1-2H3,(H,20,23). The van der Waals surface area contributed by atoms with Crippen LogP contribution in [0.4, 0.5) is 5.69 Å². The number of rotatable bonds is 5. The number of aromatic nitrogens is 2. The lowest BCUT2D eigenvalue weighted by molar-refractivity contribution is 0.0996. The van der Waals surface area contributed by atoms with E-state index in [2.05, 4.69) is 10.4 Å². The zero-order chi connectivity index (χ0) is 18.0. The van der Waals surface area contributed by atoms with Crippen LogP contribution in [0, 0.1) is 13.8 Å².